The minimum atomic E-state index is -0.807. The van der Waals surface area contributed by atoms with Crippen LogP contribution in [0.4, 0.5) is 13.2 Å². The van der Waals surface area contributed by atoms with E-state index in [9.17, 15) is 8.78 Å². The summed E-state index contributed by atoms with van der Waals surface area (Å²) >= 11 is 0. The summed E-state index contributed by atoms with van der Waals surface area (Å²) < 4.78 is 44.9. The molecule has 2 saturated carbocycles. The van der Waals surface area contributed by atoms with Crippen molar-refractivity contribution in [2.75, 3.05) is 0 Å². The van der Waals surface area contributed by atoms with Crippen molar-refractivity contribution in [3.8, 4) is 22.3 Å². The Morgan fingerprint density at radius 1 is 0.683 bits per heavy atom. The molecule has 2 aliphatic rings. The van der Waals surface area contributed by atoms with Crippen molar-refractivity contribution in [2.24, 2.45) is 17.8 Å². The fourth-order valence-corrected chi connectivity index (χ4v) is 7.42. The van der Waals surface area contributed by atoms with Gasteiger partial charge in [0.05, 0.1) is 0 Å². The third-order valence-electron chi connectivity index (χ3n) is 9.90. The fourth-order valence-electron chi connectivity index (χ4n) is 7.42. The van der Waals surface area contributed by atoms with Crippen LogP contribution in [0, 0.1) is 35.2 Å². The van der Waals surface area contributed by atoms with Crippen LogP contribution in [0.15, 0.2) is 66.7 Å². The van der Waals surface area contributed by atoms with E-state index < -0.39 is 11.6 Å². The first-order chi connectivity index (χ1) is 20.0. The number of aryl methyl sites for hydroxylation is 1. The molecule has 5 rings (SSSR count). The molecule has 3 aromatic carbocycles. The topological polar surface area (TPSA) is 0 Å². The van der Waals surface area contributed by atoms with Gasteiger partial charge in [-0.1, -0.05) is 80.4 Å². The highest BCUT2D eigenvalue weighted by atomic mass is 19.2. The monoisotopic (exact) mass is 558 g/mol. The molecule has 0 bridgehead atoms. The van der Waals surface area contributed by atoms with Crippen molar-refractivity contribution < 1.29 is 13.2 Å². The highest BCUT2D eigenvalue weighted by molar-refractivity contribution is 5.71. The molecule has 41 heavy (non-hydrogen) atoms. The second-order valence-electron chi connectivity index (χ2n) is 12.5. The lowest BCUT2D eigenvalue weighted by molar-refractivity contribution is 0.171. The molecule has 0 radical (unpaired) electrons. The van der Waals surface area contributed by atoms with Gasteiger partial charge in [-0.3, -0.25) is 0 Å². The summed E-state index contributed by atoms with van der Waals surface area (Å²) in [4.78, 5) is 0. The van der Waals surface area contributed by atoms with Crippen LogP contribution in [0.1, 0.15) is 102 Å². The molecule has 0 aliphatic heterocycles. The second-order valence-corrected chi connectivity index (χ2v) is 12.5. The van der Waals surface area contributed by atoms with Crippen LogP contribution in [0.25, 0.3) is 22.3 Å². The van der Waals surface area contributed by atoms with Gasteiger partial charge >= 0.3 is 0 Å². The molecular weight excluding hydrogens is 513 g/mol. The van der Waals surface area contributed by atoms with Gasteiger partial charge in [0.1, 0.15) is 5.82 Å². The molecule has 0 atom stereocenters. The first-order valence-electron chi connectivity index (χ1n) is 16.0. The summed E-state index contributed by atoms with van der Waals surface area (Å²) in [5.41, 5.74) is 3.66. The smallest absolute Gasteiger partial charge is 0.166 e. The fraction of sp³-hybridized carbons (Fsp3) is 0.474. The summed E-state index contributed by atoms with van der Waals surface area (Å²) in [6.07, 6.45) is 18.2. The van der Waals surface area contributed by atoms with Crippen molar-refractivity contribution in [3.63, 3.8) is 0 Å². The summed E-state index contributed by atoms with van der Waals surface area (Å²) in [7, 11) is 0. The highest BCUT2D eigenvalue weighted by Crippen LogP contribution is 2.44. The lowest BCUT2D eigenvalue weighted by atomic mass is 9.68. The molecular formula is C38H45F3. The van der Waals surface area contributed by atoms with Gasteiger partial charge in [0, 0.05) is 11.1 Å². The van der Waals surface area contributed by atoms with Crippen molar-refractivity contribution in [1.29, 1.82) is 0 Å². The zero-order valence-electron chi connectivity index (χ0n) is 24.8. The summed E-state index contributed by atoms with van der Waals surface area (Å²) in [5.74, 6) is 1.13. The van der Waals surface area contributed by atoms with Crippen molar-refractivity contribution in [1.82, 2.24) is 0 Å². The van der Waals surface area contributed by atoms with Crippen LogP contribution in [0.5, 0.6) is 0 Å². The first-order valence-corrected chi connectivity index (χ1v) is 16.0. The minimum absolute atomic E-state index is 0.215. The molecule has 0 N–H and O–H groups in total. The van der Waals surface area contributed by atoms with Crippen LogP contribution in [0.3, 0.4) is 0 Å². The summed E-state index contributed by atoms with van der Waals surface area (Å²) in [6.45, 7) is 4.22. The Bertz CT molecular complexity index is 1310. The number of unbranched alkanes of at least 4 members (excludes halogenated alkanes) is 2. The van der Waals surface area contributed by atoms with Gasteiger partial charge in [0.15, 0.2) is 11.6 Å². The number of rotatable bonds is 9. The Morgan fingerprint density at radius 3 is 1.90 bits per heavy atom. The molecule has 3 aromatic rings. The van der Waals surface area contributed by atoms with E-state index in [1.807, 2.05) is 6.07 Å². The van der Waals surface area contributed by atoms with Gasteiger partial charge in [-0.05, 0) is 123 Å². The van der Waals surface area contributed by atoms with E-state index in [-0.39, 0.29) is 11.4 Å². The standard InChI is InChI=1S/C38H45F3/c1-3-5-6-8-32-21-24-35(38(41)37(32)40)31-19-17-30(18-20-31)34-23-22-33(25-36(34)39)29-15-13-28(14-16-29)27-11-9-26(7-4-2)10-12-27/h4,7,17-29H,3,5-6,8-16H2,1-2H3/b7-4+. The second kappa shape index (κ2) is 13.9. The molecule has 0 aromatic heterocycles. The number of hydrogen-bond acceptors (Lipinski definition) is 0. The Hall–Kier alpha value is -2.81. The number of allylic oxidation sites excluding steroid dienone is 2. The van der Waals surface area contributed by atoms with Crippen LogP contribution in [-0.4, -0.2) is 0 Å². The molecule has 0 saturated heterocycles. The van der Waals surface area contributed by atoms with E-state index in [0.29, 0.717) is 29.0 Å². The predicted molar refractivity (Wildman–Crippen MR) is 165 cm³/mol. The SMILES string of the molecule is C/C=C/C1CCC(C2CCC(c3ccc(-c4ccc(-c5ccc(CCCCC)c(F)c5F)cc4)c(F)c3)CC2)CC1. The number of hydrogen-bond donors (Lipinski definition) is 0. The zero-order chi connectivity index (χ0) is 28.8. The number of halogens is 3. The first kappa shape index (κ1) is 29.7. The van der Waals surface area contributed by atoms with Crippen LogP contribution in [0.2, 0.25) is 0 Å². The van der Waals surface area contributed by atoms with Gasteiger partial charge in [0.2, 0.25) is 0 Å². The normalized spacial score (nSPS) is 23.2. The van der Waals surface area contributed by atoms with Crippen LogP contribution in [-0.2, 0) is 6.42 Å². The molecule has 0 heterocycles. The van der Waals surface area contributed by atoms with Crippen LogP contribution < -0.4 is 0 Å². The lowest BCUT2D eigenvalue weighted by Crippen LogP contribution is -2.25. The van der Waals surface area contributed by atoms with Crippen molar-refractivity contribution in [2.45, 2.75) is 96.8 Å². The molecule has 218 valence electrons. The average Bonchev–Trinajstić information content (AvgIpc) is 3.00. The Labute approximate surface area is 245 Å². The van der Waals surface area contributed by atoms with Crippen molar-refractivity contribution >= 4 is 0 Å². The third-order valence-corrected chi connectivity index (χ3v) is 9.90. The largest absolute Gasteiger partial charge is 0.206 e. The maximum absolute atomic E-state index is 15.4. The maximum atomic E-state index is 15.4. The third kappa shape index (κ3) is 6.99. The molecule has 0 unspecified atom stereocenters. The van der Waals surface area contributed by atoms with E-state index in [2.05, 4.69) is 32.1 Å². The maximum Gasteiger partial charge on any atom is 0.166 e. The van der Waals surface area contributed by atoms with E-state index >= 15 is 4.39 Å². The molecule has 2 aliphatic carbocycles. The summed E-state index contributed by atoms with van der Waals surface area (Å²) in [5, 5.41) is 0. The quantitative estimate of drug-likeness (QED) is 0.181. The van der Waals surface area contributed by atoms with Gasteiger partial charge in [-0.25, -0.2) is 13.2 Å². The number of benzene rings is 3. The lowest BCUT2D eigenvalue weighted by Gasteiger charge is -2.37. The molecule has 0 nitrogen and oxygen atoms in total. The Kier molecular flexibility index (Phi) is 10.1. The average molecular weight is 559 g/mol. The zero-order valence-corrected chi connectivity index (χ0v) is 24.8. The van der Waals surface area contributed by atoms with Crippen LogP contribution >= 0.6 is 0 Å². The summed E-state index contributed by atoms with van der Waals surface area (Å²) in [6, 6.07) is 16.2. The molecule has 0 spiro atoms. The predicted octanol–water partition coefficient (Wildman–Crippen LogP) is 11.8. The van der Waals surface area contributed by atoms with Gasteiger partial charge in [-0.15, -0.1) is 0 Å². The van der Waals surface area contributed by atoms with E-state index in [4.69, 9.17) is 0 Å². The Morgan fingerprint density at radius 2 is 1.29 bits per heavy atom. The van der Waals surface area contributed by atoms with E-state index in [1.54, 1.807) is 42.5 Å². The van der Waals surface area contributed by atoms with Crippen molar-refractivity contribution in [3.05, 3.63) is 95.3 Å². The van der Waals surface area contributed by atoms with E-state index in [1.165, 1.54) is 38.5 Å². The van der Waals surface area contributed by atoms with Gasteiger partial charge < -0.3 is 0 Å². The molecule has 3 heteroatoms. The molecule has 0 amide bonds. The Balaban J connectivity index is 1.21. The van der Waals surface area contributed by atoms with E-state index in [0.717, 1.165) is 61.0 Å². The van der Waals surface area contributed by atoms with Gasteiger partial charge in [0.25, 0.3) is 0 Å². The minimum Gasteiger partial charge on any atom is -0.206 e. The molecule has 2 fully saturated rings. The highest BCUT2D eigenvalue weighted by Gasteiger charge is 2.31. The van der Waals surface area contributed by atoms with Gasteiger partial charge in [-0.2, -0.15) is 0 Å².